The van der Waals surface area contributed by atoms with Crippen LogP contribution in [-0.2, 0) is 4.74 Å². The van der Waals surface area contributed by atoms with Crippen LogP contribution in [0.1, 0.15) is 54.7 Å². The lowest BCUT2D eigenvalue weighted by Gasteiger charge is -2.25. The van der Waals surface area contributed by atoms with E-state index in [0.717, 1.165) is 0 Å². The molecule has 1 saturated heterocycles. The average Bonchev–Trinajstić information content (AvgIpc) is 3.20. The van der Waals surface area contributed by atoms with Gasteiger partial charge in [-0.2, -0.15) is 0 Å². The lowest BCUT2D eigenvalue weighted by atomic mass is 9.91. The van der Waals surface area contributed by atoms with Gasteiger partial charge in [0.15, 0.2) is 0 Å². The van der Waals surface area contributed by atoms with Crippen LogP contribution < -0.4 is 0 Å². The molecule has 0 saturated carbocycles. The van der Waals surface area contributed by atoms with Crippen molar-refractivity contribution in [2.45, 2.75) is 38.0 Å². The first-order valence-corrected chi connectivity index (χ1v) is 7.75. The summed E-state index contributed by atoms with van der Waals surface area (Å²) in [5.74, 6) is 0.711. The van der Waals surface area contributed by atoms with Gasteiger partial charge in [-0.3, -0.25) is 0 Å². The van der Waals surface area contributed by atoms with Crippen molar-refractivity contribution in [2.75, 3.05) is 6.54 Å². The summed E-state index contributed by atoms with van der Waals surface area (Å²) in [7, 11) is 0. The minimum Gasteiger partial charge on any atom is -0.367 e. The molecule has 4 aliphatic heterocycles. The third-order valence-electron chi connectivity index (χ3n) is 5.38. The fourth-order valence-electron chi connectivity index (χ4n) is 4.43. The Hall–Kier alpha value is -1.54. The second-order valence-corrected chi connectivity index (χ2v) is 6.51. The molecule has 0 aromatic heterocycles. The minimum atomic E-state index is 0.211. The predicted molar refractivity (Wildman–Crippen MR) is 78.1 cm³/mol. The maximum absolute atomic E-state index is 5.93. The molecule has 0 N–H and O–H groups in total. The van der Waals surface area contributed by atoms with Crippen LogP contribution in [0.4, 0.5) is 0 Å². The fourth-order valence-corrected chi connectivity index (χ4v) is 4.43. The minimum absolute atomic E-state index is 0.211. The van der Waals surface area contributed by atoms with Crippen LogP contribution >= 0.6 is 0 Å². The summed E-state index contributed by atoms with van der Waals surface area (Å²) >= 11 is 0. The van der Waals surface area contributed by atoms with E-state index < -0.39 is 0 Å². The summed E-state index contributed by atoms with van der Waals surface area (Å²) in [5, 5.41) is 0. The summed E-state index contributed by atoms with van der Waals surface area (Å²) in [4.78, 5) is 2.62. The number of nitrogens with zero attached hydrogens (tertiary/aromatic N) is 1. The first-order valence-electron chi connectivity index (χ1n) is 7.75. The van der Waals surface area contributed by atoms with Crippen molar-refractivity contribution in [3.05, 3.63) is 58.8 Å². The number of benzene rings is 1. The zero-order valence-electron chi connectivity index (χ0n) is 11.8. The van der Waals surface area contributed by atoms with Crippen LogP contribution in [0.25, 0.3) is 0 Å². The summed E-state index contributed by atoms with van der Waals surface area (Å²) in [5.41, 5.74) is 5.84. The number of ether oxygens (including phenoxy) is 1. The maximum Gasteiger partial charge on any atom is 0.102 e. The highest BCUT2D eigenvalue weighted by atomic mass is 16.5. The number of hydrogen-bond acceptors (Lipinski definition) is 2. The van der Waals surface area contributed by atoms with E-state index in [9.17, 15) is 0 Å². The Balaban J connectivity index is 1.54. The zero-order chi connectivity index (χ0) is 13.3. The van der Waals surface area contributed by atoms with Crippen LogP contribution in [-0.4, -0.2) is 11.4 Å². The van der Waals surface area contributed by atoms with Crippen LogP contribution in [0.3, 0.4) is 0 Å². The molecule has 2 heteroatoms. The van der Waals surface area contributed by atoms with Gasteiger partial charge in [0.05, 0.1) is 6.04 Å². The van der Waals surface area contributed by atoms with Gasteiger partial charge in [-0.1, -0.05) is 43.4 Å². The molecule has 1 fully saturated rings. The smallest absolute Gasteiger partial charge is 0.102 e. The molecule has 4 heterocycles. The SMILES string of the molecule is CC1CC(c2ccc3c(c2)C2C=CC3O2)N2CCC=C12. The van der Waals surface area contributed by atoms with Gasteiger partial charge in [-0.15, -0.1) is 0 Å². The van der Waals surface area contributed by atoms with Gasteiger partial charge in [0.25, 0.3) is 0 Å². The Labute approximate surface area is 119 Å². The quantitative estimate of drug-likeness (QED) is 0.711. The number of rotatable bonds is 1. The molecule has 0 aliphatic carbocycles. The van der Waals surface area contributed by atoms with Crippen LogP contribution in [0.15, 0.2) is 42.1 Å². The monoisotopic (exact) mass is 265 g/mol. The van der Waals surface area contributed by atoms with E-state index in [1.165, 1.54) is 36.1 Å². The van der Waals surface area contributed by atoms with Gasteiger partial charge in [-0.25, -0.2) is 0 Å². The molecular weight excluding hydrogens is 246 g/mol. The fraction of sp³-hybridized carbons (Fsp3) is 0.444. The van der Waals surface area contributed by atoms with Crippen molar-refractivity contribution in [3.8, 4) is 0 Å². The van der Waals surface area contributed by atoms with Crippen molar-refractivity contribution in [1.82, 2.24) is 4.90 Å². The average molecular weight is 265 g/mol. The summed E-state index contributed by atoms with van der Waals surface area (Å²) in [6, 6.07) is 7.60. The largest absolute Gasteiger partial charge is 0.367 e. The van der Waals surface area contributed by atoms with E-state index in [1.807, 2.05) is 0 Å². The molecule has 1 aromatic carbocycles. The highest BCUT2D eigenvalue weighted by Crippen LogP contribution is 2.49. The van der Waals surface area contributed by atoms with Crippen LogP contribution in [0.5, 0.6) is 0 Å². The highest BCUT2D eigenvalue weighted by Gasteiger charge is 2.38. The first-order chi connectivity index (χ1) is 9.81. The second kappa shape index (κ2) is 3.76. The van der Waals surface area contributed by atoms with Gasteiger partial charge in [0.2, 0.25) is 0 Å². The Morgan fingerprint density at radius 3 is 2.90 bits per heavy atom. The predicted octanol–water partition coefficient (Wildman–Crippen LogP) is 4.04. The van der Waals surface area contributed by atoms with E-state index in [1.54, 1.807) is 5.70 Å². The van der Waals surface area contributed by atoms with Crippen LogP contribution in [0, 0.1) is 5.92 Å². The molecule has 0 radical (unpaired) electrons. The van der Waals surface area contributed by atoms with Crippen molar-refractivity contribution in [2.24, 2.45) is 5.92 Å². The van der Waals surface area contributed by atoms with Crippen LogP contribution in [0.2, 0.25) is 0 Å². The van der Waals surface area contributed by atoms with Gasteiger partial charge in [0.1, 0.15) is 12.2 Å². The molecular formula is C18H19NO. The molecule has 2 nitrogen and oxygen atoms in total. The van der Waals surface area contributed by atoms with Crippen molar-refractivity contribution in [1.29, 1.82) is 0 Å². The molecule has 4 unspecified atom stereocenters. The molecule has 0 spiro atoms. The molecule has 0 amide bonds. The Kier molecular flexibility index (Phi) is 2.10. The van der Waals surface area contributed by atoms with Gasteiger partial charge >= 0.3 is 0 Å². The molecule has 2 bridgehead atoms. The summed E-state index contributed by atoms with van der Waals surface area (Å²) in [6.45, 7) is 3.56. The molecule has 4 atom stereocenters. The molecule has 4 aliphatic rings. The third-order valence-corrected chi connectivity index (χ3v) is 5.38. The Morgan fingerprint density at radius 1 is 1.15 bits per heavy atom. The van der Waals surface area contributed by atoms with Gasteiger partial charge < -0.3 is 9.64 Å². The number of hydrogen-bond donors (Lipinski definition) is 0. The normalized spacial score (nSPS) is 36.5. The topological polar surface area (TPSA) is 12.5 Å². The van der Waals surface area contributed by atoms with Gasteiger partial charge in [0, 0.05) is 12.2 Å². The molecule has 20 heavy (non-hydrogen) atoms. The van der Waals surface area contributed by atoms with Crippen molar-refractivity contribution in [3.63, 3.8) is 0 Å². The van der Waals surface area contributed by atoms with Crippen molar-refractivity contribution >= 4 is 0 Å². The molecule has 1 aromatic rings. The second-order valence-electron chi connectivity index (χ2n) is 6.51. The summed E-state index contributed by atoms with van der Waals surface area (Å²) in [6.07, 6.45) is 9.73. The highest BCUT2D eigenvalue weighted by molar-refractivity contribution is 5.46. The zero-order valence-corrected chi connectivity index (χ0v) is 11.8. The lowest BCUT2D eigenvalue weighted by Crippen LogP contribution is -2.19. The number of allylic oxidation sites excluding steroid dienone is 1. The van der Waals surface area contributed by atoms with E-state index in [-0.39, 0.29) is 12.2 Å². The van der Waals surface area contributed by atoms with E-state index >= 15 is 0 Å². The maximum atomic E-state index is 5.93. The molecule has 102 valence electrons. The molecule has 5 rings (SSSR count). The van der Waals surface area contributed by atoms with Gasteiger partial charge in [-0.05, 0) is 35.4 Å². The van der Waals surface area contributed by atoms with E-state index in [4.69, 9.17) is 4.74 Å². The van der Waals surface area contributed by atoms with E-state index in [0.29, 0.717) is 12.0 Å². The lowest BCUT2D eigenvalue weighted by molar-refractivity contribution is 0.0878. The van der Waals surface area contributed by atoms with Crippen molar-refractivity contribution < 1.29 is 4.74 Å². The number of fused-ring (bicyclic) bond motifs is 6. The standard InChI is InChI=1S/C18H19NO/c1-11-9-16(19-8-2-3-15(11)19)12-4-5-13-14(10-12)18-7-6-17(13)20-18/h3-7,10-11,16-18H,2,8-9H2,1H3. The van der Waals surface area contributed by atoms with E-state index in [2.05, 4.69) is 48.3 Å². The first kappa shape index (κ1) is 11.2. The third kappa shape index (κ3) is 1.33. The Bertz CT molecular complexity index is 645. The summed E-state index contributed by atoms with van der Waals surface area (Å²) < 4.78 is 5.93. The Morgan fingerprint density at radius 2 is 2.00 bits per heavy atom.